The van der Waals surface area contributed by atoms with Crippen LogP contribution < -0.4 is 0 Å². The Morgan fingerprint density at radius 3 is 1.95 bits per heavy atom. The summed E-state index contributed by atoms with van der Waals surface area (Å²) in [7, 11) is 0. The normalized spacial score (nSPS) is 38.3. The standard InChI is InChI=1S/C18H29FO2/c19-16-9-11-17(12-10-16)21-18(20)15-7-5-14(6-8-15)13-3-1-2-4-13/h13-17H,1-12H2. The molecule has 3 aliphatic rings. The van der Waals surface area contributed by atoms with Gasteiger partial charge in [0.2, 0.25) is 0 Å². The quantitative estimate of drug-likeness (QED) is 0.699. The van der Waals surface area contributed by atoms with E-state index in [1.807, 2.05) is 0 Å². The Morgan fingerprint density at radius 2 is 1.33 bits per heavy atom. The zero-order valence-electron chi connectivity index (χ0n) is 13.1. The second-order valence-electron chi connectivity index (χ2n) is 7.47. The van der Waals surface area contributed by atoms with Crippen molar-refractivity contribution in [2.75, 3.05) is 0 Å². The molecule has 0 heterocycles. The monoisotopic (exact) mass is 296 g/mol. The highest BCUT2D eigenvalue weighted by atomic mass is 19.1. The topological polar surface area (TPSA) is 26.3 Å². The van der Waals surface area contributed by atoms with Crippen LogP contribution >= 0.6 is 0 Å². The van der Waals surface area contributed by atoms with Crippen molar-refractivity contribution in [3.05, 3.63) is 0 Å². The van der Waals surface area contributed by atoms with E-state index in [0.717, 1.165) is 24.7 Å². The molecule has 21 heavy (non-hydrogen) atoms. The fourth-order valence-corrected chi connectivity index (χ4v) is 4.66. The third-order valence-corrected chi connectivity index (χ3v) is 6.06. The summed E-state index contributed by atoms with van der Waals surface area (Å²) in [4.78, 5) is 12.3. The van der Waals surface area contributed by atoms with E-state index in [1.165, 1.54) is 38.5 Å². The van der Waals surface area contributed by atoms with Crippen LogP contribution in [0.4, 0.5) is 4.39 Å². The van der Waals surface area contributed by atoms with Gasteiger partial charge in [-0.1, -0.05) is 25.7 Å². The zero-order valence-corrected chi connectivity index (χ0v) is 13.1. The number of alkyl halides is 1. The molecule has 0 aromatic rings. The Labute approximate surface area is 127 Å². The zero-order chi connectivity index (χ0) is 14.7. The minimum Gasteiger partial charge on any atom is -0.462 e. The van der Waals surface area contributed by atoms with Gasteiger partial charge in [-0.05, 0) is 63.2 Å². The maximum atomic E-state index is 13.1. The Kier molecular flexibility index (Phi) is 5.18. The first-order chi connectivity index (χ1) is 10.2. The summed E-state index contributed by atoms with van der Waals surface area (Å²) in [5, 5.41) is 0. The van der Waals surface area contributed by atoms with Crippen LogP contribution in [0.25, 0.3) is 0 Å². The lowest BCUT2D eigenvalue weighted by molar-refractivity contribution is -0.157. The lowest BCUT2D eigenvalue weighted by atomic mass is 9.75. The number of halogens is 1. The molecule has 120 valence electrons. The van der Waals surface area contributed by atoms with Crippen molar-refractivity contribution in [3.63, 3.8) is 0 Å². The van der Waals surface area contributed by atoms with Crippen molar-refractivity contribution in [1.82, 2.24) is 0 Å². The molecule has 0 saturated heterocycles. The Hall–Kier alpha value is -0.600. The van der Waals surface area contributed by atoms with Crippen LogP contribution in [-0.4, -0.2) is 18.2 Å². The van der Waals surface area contributed by atoms with Crippen LogP contribution in [0.3, 0.4) is 0 Å². The average Bonchev–Trinajstić information content (AvgIpc) is 3.04. The van der Waals surface area contributed by atoms with E-state index in [2.05, 4.69) is 0 Å². The van der Waals surface area contributed by atoms with Crippen LogP contribution in [0, 0.1) is 17.8 Å². The molecule has 0 aromatic carbocycles. The predicted molar refractivity (Wildman–Crippen MR) is 80.7 cm³/mol. The van der Waals surface area contributed by atoms with E-state index >= 15 is 0 Å². The van der Waals surface area contributed by atoms with Crippen LogP contribution in [0.15, 0.2) is 0 Å². The van der Waals surface area contributed by atoms with Crippen LogP contribution in [0.1, 0.15) is 77.0 Å². The van der Waals surface area contributed by atoms with Gasteiger partial charge in [-0.2, -0.15) is 0 Å². The van der Waals surface area contributed by atoms with Crippen LogP contribution in [0.2, 0.25) is 0 Å². The molecule has 0 N–H and O–H groups in total. The maximum absolute atomic E-state index is 13.1. The van der Waals surface area contributed by atoms with Crippen LogP contribution in [-0.2, 0) is 9.53 Å². The number of esters is 1. The minimum atomic E-state index is -0.679. The lowest BCUT2D eigenvalue weighted by Gasteiger charge is -2.32. The van der Waals surface area contributed by atoms with E-state index in [4.69, 9.17) is 4.74 Å². The summed E-state index contributed by atoms with van der Waals surface area (Å²) in [6.45, 7) is 0. The van der Waals surface area contributed by atoms with Gasteiger partial charge >= 0.3 is 5.97 Å². The molecule has 3 fully saturated rings. The smallest absolute Gasteiger partial charge is 0.309 e. The third-order valence-electron chi connectivity index (χ3n) is 6.06. The van der Waals surface area contributed by atoms with Gasteiger partial charge in [-0.15, -0.1) is 0 Å². The first kappa shape index (κ1) is 15.3. The third kappa shape index (κ3) is 3.98. The highest BCUT2D eigenvalue weighted by Crippen LogP contribution is 2.41. The van der Waals surface area contributed by atoms with E-state index in [-0.39, 0.29) is 18.0 Å². The summed E-state index contributed by atoms with van der Waals surface area (Å²) in [5.74, 6) is 1.91. The Bertz CT molecular complexity index is 335. The number of carbonyl (C=O) groups excluding carboxylic acids is 1. The molecule has 0 unspecified atom stereocenters. The molecule has 2 nitrogen and oxygen atoms in total. The van der Waals surface area contributed by atoms with Gasteiger partial charge in [-0.3, -0.25) is 4.79 Å². The van der Waals surface area contributed by atoms with Gasteiger partial charge in [0.1, 0.15) is 12.3 Å². The molecule has 3 heteroatoms. The fourth-order valence-electron chi connectivity index (χ4n) is 4.66. The van der Waals surface area contributed by atoms with Crippen molar-refractivity contribution in [2.45, 2.75) is 89.3 Å². The molecule has 0 amide bonds. The molecular formula is C18H29FO2. The maximum Gasteiger partial charge on any atom is 0.309 e. The highest BCUT2D eigenvalue weighted by molar-refractivity contribution is 5.72. The molecule has 0 radical (unpaired) electrons. The second kappa shape index (κ2) is 7.11. The van der Waals surface area contributed by atoms with Crippen molar-refractivity contribution in [1.29, 1.82) is 0 Å². The molecule has 3 rings (SSSR count). The molecule has 3 saturated carbocycles. The Balaban J connectivity index is 1.40. The average molecular weight is 296 g/mol. The van der Waals surface area contributed by atoms with Crippen molar-refractivity contribution in [2.24, 2.45) is 17.8 Å². The number of hydrogen-bond donors (Lipinski definition) is 0. The van der Waals surface area contributed by atoms with E-state index in [9.17, 15) is 9.18 Å². The number of rotatable bonds is 3. The first-order valence-corrected chi connectivity index (χ1v) is 9.07. The highest BCUT2D eigenvalue weighted by Gasteiger charge is 2.33. The first-order valence-electron chi connectivity index (χ1n) is 9.07. The summed E-state index contributed by atoms with van der Waals surface area (Å²) < 4.78 is 18.7. The van der Waals surface area contributed by atoms with Gasteiger partial charge < -0.3 is 4.74 Å². The SMILES string of the molecule is O=C(OC1CCC(F)CC1)C1CCC(C2CCCC2)CC1. The summed E-state index contributed by atoms with van der Waals surface area (Å²) in [6.07, 6.45) is 11.9. The van der Waals surface area contributed by atoms with E-state index in [0.29, 0.717) is 25.7 Å². The fraction of sp³-hybridized carbons (Fsp3) is 0.944. The van der Waals surface area contributed by atoms with E-state index < -0.39 is 6.17 Å². The molecule has 0 atom stereocenters. The van der Waals surface area contributed by atoms with Crippen molar-refractivity contribution < 1.29 is 13.9 Å². The van der Waals surface area contributed by atoms with E-state index in [1.54, 1.807) is 0 Å². The van der Waals surface area contributed by atoms with Crippen molar-refractivity contribution in [3.8, 4) is 0 Å². The van der Waals surface area contributed by atoms with Gasteiger partial charge in [0, 0.05) is 0 Å². The lowest BCUT2D eigenvalue weighted by Crippen LogP contribution is -2.31. The molecule has 0 bridgehead atoms. The van der Waals surface area contributed by atoms with Gasteiger partial charge in [0.15, 0.2) is 0 Å². The van der Waals surface area contributed by atoms with Crippen molar-refractivity contribution >= 4 is 5.97 Å². The van der Waals surface area contributed by atoms with Crippen LogP contribution in [0.5, 0.6) is 0 Å². The number of carbonyl (C=O) groups is 1. The number of ether oxygens (including phenoxy) is 1. The summed E-state index contributed by atoms with van der Waals surface area (Å²) in [6, 6.07) is 0. The Morgan fingerprint density at radius 1 is 0.762 bits per heavy atom. The molecule has 3 aliphatic carbocycles. The van der Waals surface area contributed by atoms with Gasteiger partial charge in [-0.25, -0.2) is 4.39 Å². The molecule has 0 aliphatic heterocycles. The molecule has 0 spiro atoms. The second-order valence-corrected chi connectivity index (χ2v) is 7.47. The van der Waals surface area contributed by atoms with Gasteiger partial charge in [0.25, 0.3) is 0 Å². The summed E-state index contributed by atoms with van der Waals surface area (Å²) in [5.41, 5.74) is 0. The summed E-state index contributed by atoms with van der Waals surface area (Å²) >= 11 is 0. The predicted octanol–water partition coefficient (Wildman–Crippen LogP) is 4.81. The van der Waals surface area contributed by atoms with Gasteiger partial charge in [0.05, 0.1) is 5.92 Å². The minimum absolute atomic E-state index is 0.00202. The number of hydrogen-bond acceptors (Lipinski definition) is 2. The molecule has 0 aromatic heterocycles. The largest absolute Gasteiger partial charge is 0.462 e. The molecular weight excluding hydrogens is 267 g/mol.